The molecule has 3 aromatic carbocycles. The number of ether oxygens (including phenoxy) is 2. The first kappa shape index (κ1) is 30.9. The van der Waals surface area contributed by atoms with E-state index in [1.807, 2.05) is 81.4 Å². The van der Waals surface area contributed by atoms with Crippen LogP contribution in [0.2, 0.25) is 0 Å². The molecule has 9 nitrogen and oxygen atoms in total. The van der Waals surface area contributed by atoms with Crippen molar-refractivity contribution < 1.29 is 27.5 Å². The summed E-state index contributed by atoms with van der Waals surface area (Å²) in [5.74, 6) is -0.117. The summed E-state index contributed by atoms with van der Waals surface area (Å²) in [4.78, 5) is 29.6. The van der Waals surface area contributed by atoms with Crippen molar-refractivity contribution in [1.29, 1.82) is 0 Å². The third-order valence-corrected chi connectivity index (χ3v) is 8.50. The second-order valence-corrected chi connectivity index (χ2v) is 13.4. The van der Waals surface area contributed by atoms with Gasteiger partial charge >= 0.3 is 0 Å². The number of nitrogens with zero attached hydrogens (tertiary/aromatic N) is 2. The van der Waals surface area contributed by atoms with Gasteiger partial charge in [-0.05, 0) is 51.0 Å². The molecule has 224 valence electrons. The highest BCUT2D eigenvalue weighted by molar-refractivity contribution is 7.92. The molecule has 1 aliphatic heterocycles. The maximum Gasteiger partial charge on any atom is 0.244 e. The highest BCUT2D eigenvalue weighted by Crippen LogP contribution is 2.35. The van der Waals surface area contributed by atoms with E-state index in [0.717, 1.165) is 15.4 Å². The first-order valence-electron chi connectivity index (χ1n) is 14.1. The normalized spacial score (nSPS) is 13.6. The van der Waals surface area contributed by atoms with E-state index >= 15 is 0 Å². The van der Waals surface area contributed by atoms with Gasteiger partial charge in [-0.3, -0.25) is 13.9 Å². The lowest BCUT2D eigenvalue weighted by Crippen LogP contribution is -2.56. The molecule has 0 bridgehead atoms. The van der Waals surface area contributed by atoms with E-state index in [1.165, 1.54) is 11.8 Å². The molecule has 0 aromatic heterocycles. The molecule has 4 rings (SSSR count). The molecule has 0 radical (unpaired) electrons. The summed E-state index contributed by atoms with van der Waals surface area (Å²) in [7, 11) is -3.89. The van der Waals surface area contributed by atoms with Gasteiger partial charge in [0.1, 0.15) is 25.8 Å². The Morgan fingerprint density at radius 3 is 2.07 bits per heavy atom. The van der Waals surface area contributed by atoms with E-state index in [1.54, 1.807) is 18.2 Å². The molecule has 1 unspecified atom stereocenters. The number of carbonyl (C=O) groups excluding carboxylic acids is 2. The number of sulfonamides is 1. The van der Waals surface area contributed by atoms with Crippen LogP contribution >= 0.6 is 0 Å². The fraction of sp³-hybridized carbons (Fsp3) is 0.375. The summed E-state index contributed by atoms with van der Waals surface area (Å²) in [6.07, 6.45) is 0.256. The Kier molecular flexibility index (Phi) is 9.78. The number of amides is 2. The number of anilines is 1. The van der Waals surface area contributed by atoms with Gasteiger partial charge in [-0.2, -0.15) is 0 Å². The molecule has 0 saturated heterocycles. The van der Waals surface area contributed by atoms with Gasteiger partial charge in [-0.15, -0.1) is 0 Å². The van der Waals surface area contributed by atoms with Crippen LogP contribution in [0.15, 0.2) is 78.9 Å². The molecule has 0 aliphatic carbocycles. The number of rotatable bonds is 11. The molecule has 1 heterocycles. The minimum Gasteiger partial charge on any atom is -0.486 e. The molecule has 0 spiro atoms. The Hall–Kier alpha value is -4.05. The molecule has 1 N–H and O–H groups in total. The van der Waals surface area contributed by atoms with E-state index in [-0.39, 0.29) is 30.3 Å². The molecule has 2 amide bonds. The molecular formula is C32H39N3O6S. The maximum absolute atomic E-state index is 14.3. The highest BCUT2D eigenvalue weighted by Gasteiger charge is 2.35. The Morgan fingerprint density at radius 1 is 0.881 bits per heavy atom. The molecule has 10 heteroatoms. The lowest BCUT2D eigenvalue weighted by Gasteiger charge is -2.35. The van der Waals surface area contributed by atoms with Crippen molar-refractivity contribution in [2.45, 2.75) is 52.2 Å². The average Bonchev–Trinajstić information content (AvgIpc) is 2.97. The molecule has 1 atom stereocenters. The van der Waals surface area contributed by atoms with E-state index in [4.69, 9.17) is 9.47 Å². The summed E-state index contributed by atoms with van der Waals surface area (Å²) in [5.41, 5.74) is 1.43. The predicted molar refractivity (Wildman–Crippen MR) is 163 cm³/mol. The third kappa shape index (κ3) is 8.03. The first-order chi connectivity index (χ1) is 20.0. The van der Waals surface area contributed by atoms with Crippen molar-refractivity contribution in [3.63, 3.8) is 0 Å². The van der Waals surface area contributed by atoms with Crippen LogP contribution in [0.1, 0.15) is 38.8 Å². The Balaban J connectivity index is 1.75. The third-order valence-electron chi connectivity index (χ3n) is 6.76. The van der Waals surface area contributed by atoms with Crippen LogP contribution in [0.4, 0.5) is 5.69 Å². The van der Waals surface area contributed by atoms with Crippen molar-refractivity contribution in [3.8, 4) is 11.5 Å². The van der Waals surface area contributed by atoms with Crippen LogP contribution in [-0.2, 0) is 32.6 Å². The van der Waals surface area contributed by atoms with Crippen molar-refractivity contribution in [1.82, 2.24) is 10.2 Å². The predicted octanol–water partition coefficient (Wildman–Crippen LogP) is 4.17. The summed E-state index contributed by atoms with van der Waals surface area (Å²) in [5, 5.41) is 3.03. The fourth-order valence-corrected chi connectivity index (χ4v) is 5.75. The van der Waals surface area contributed by atoms with Crippen molar-refractivity contribution >= 4 is 27.5 Å². The Labute approximate surface area is 248 Å². The van der Waals surface area contributed by atoms with Gasteiger partial charge in [0.25, 0.3) is 0 Å². The van der Waals surface area contributed by atoms with Gasteiger partial charge < -0.3 is 19.7 Å². The summed E-state index contributed by atoms with van der Waals surface area (Å²) in [6.45, 7) is 7.54. The first-order valence-corrected chi connectivity index (χ1v) is 15.7. The van der Waals surface area contributed by atoms with Crippen molar-refractivity contribution in [3.05, 3.63) is 90.0 Å². The standard InChI is InChI=1S/C32H39N3O6S/c1-5-42(38,39)35(26-16-17-28-29(21-26)41-19-18-40-28)23-30(36)34(22-25-14-10-7-11-15-25)27(31(37)33-32(2,3)4)20-24-12-8-6-9-13-24/h6-17,21,27H,5,18-20,22-23H2,1-4H3,(H,33,37). The van der Waals surface area contributed by atoms with Gasteiger partial charge in [0.15, 0.2) is 11.5 Å². The minimum absolute atomic E-state index is 0.121. The molecule has 1 aliphatic rings. The smallest absolute Gasteiger partial charge is 0.244 e. The fourth-order valence-electron chi connectivity index (χ4n) is 4.69. The van der Waals surface area contributed by atoms with Gasteiger partial charge in [0.05, 0.1) is 11.4 Å². The zero-order valence-electron chi connectivity index (χ0n) is 24.6. The number of carbonyl (C=O) groups is 2. The topological polar surface area (TPSA) is 105 Å². The second-order valence-electron chi connectivity index (χ2n) is 11.2. The number of benzene rings is 3. The van der Waals surface area contributed by atoms with Gasteiger partial charge in [-0.25, -0.2) is 8.42 Å². The van der Waals surface area contributed by atoms with Crippen LogP contribution in [-0.4, -0.2) is 62.2 Å². The van der Waals surface area contributed by atoms with Crippen LogP contribution in [0, 0.1) is 0 Å². The lowest BCUT2D eigenvalue weighted by molar-refractivity contribution is -0.140. The van der Waals surface area contributed by atoms with E-state index < -0.39 is 34.1 Å². The molecule has 0 saturated carbocycles. The Bertz CT molecular complexity index is 1470. The summed E-state index contributed by atoms with van der Waals surface area (Å²) >= 11 is 0. The van der Waals surface area contributed by atoms with Crippen molar-refractivity contribution in [2.75, 3.05) is 29.8 Å². The average molecular weight is 594 g/mol. The van der Waals surface area contributed by atoms with Crippen LogP contribution < -0.4 is 19.1 Å². The summed E-state index contributed by atoms with van der Waals surface area (Å²) in [6, 6.07) is 22.8. The zero-order valence-corrected chi connectivity index (χ0v) is 25.4. The number of hydrogen-bond acceptors (Lipinski definition) is 6. The van der Waals surface area contributed by atoms with Gasteiger partial charge in [0, 0.05) is 24.6 Å². The zero-order chi connectivity index (χ0) is 30.3. The van der Waals surface area contributed by atoms with Crippen LogP contribution in [0.3, 0.4) is 0 Å². The van der Waals surface area contributed by atoms with Gasteiger partial charge in [0.2, 0.25) is 21.8 Å². The van der Waals surface area contributed by atoms with E-state index in [0.29, 0.717) is 24.7 Å². The quantitative estimate of drug-likeness (QED) is 0.358. The maximum atomic E-state index is 14.3. The number of hydrogen-bond donors (Lipinski definition) is 1. The molecular weight excluding hydrogens is 554 g/mol. The van der Waals surface area contributed by atoms with E-state index in [9.17, 15) is 18.0 Å². The second kappa shape index (κ2) is 13.3. The van der Waals surface area contributed by atoms with Gasteiger partial charge in [-0.1, -0.05) is 60.7 Å². The number of fused-ring (bicyclic) bond motifs is 1. The largest absolute Gasteiger partial charge is 0.486 e. The summed E-state index contributed by atoms with van der Waals surface area (Å²) < 4.78 is 39.1. The molecule has 3 aromatic rings. The molecule has 0 fully saturated rings. The van der Waals surface area contributed by atoms with E-state index in [2.05, 4.69) is 5.32 Å². The SMILES string of the molecule is CCS(=O)(=O)N(CC(=O)N(Cc1ccccc1)C(Cc1ccccc1)C(=O)NC(C)(C)C)c1ccc2c(c1)OCCO2. The lowest BCUT2D eigenvalue weighted by atomic mass is 10.0. The minimum atomic E-state index is -3.89. The van der Waals surface area contributed by atoms with Crippen molar-refractivity contribution in [2.24, 2.45) is 0 Å². The monoisotopic (exact) mass is 593 g/mol. The Morgan fingerprint density at radius 2 is 1.48 bits per heavy atom. The van der Waals surface area contributed by atoms with Crippen LogP contribution in [0.5, 0.6) is 11.5 Å². The highest BCUT2D eigenvalue weighted by atomic mass is 32.2. The van der Waals surface area contributed by atoms with Crippen LogP contribution in [0.25, 0.3) is 0 Å². The molecule has 42 heavy (non-hydrogen) atoms. The number of nitrogens with one attached hydrogen (secondary N) is 1.